The van der Waals surface area contributed by atoms with Gasteiger partial charge in [-0.1, -0.05) is 30.3 Å². The summed E-state index contributed by atoms with van der Waals surface area (Å²) in [5, 5.41) is 2.94. The maximum atomic E-state index is 13.6. The highest BCUT2D eigenvalue weighted by atomic mass is 19.1. The summed E-state index contributed by atoms with van der Waals surface area (Å²) in [6, 6.07) is 14.4. The van der Waals surface area contributed by atoms with Gasteiger partial charge in [-0.05, 0) is 50.6 Å². The summed E-state index contributed by atoms with van der Waals surface area (Å²) in [5.41, 5.74) is 2.54. The van der Waals surface area contributed by atoms with Crippen molar-refractivity contribution in [3.8, 4) is 0 Å². The second-order valence-corrected chi connectivity index (χ2v) is 7.34. The summed E-state index contributed by atoms with van der Waals surface area (Å²) >= 11 is 0. The number of carbonyl (C=O) groups excluding carboxylic acids is 1. The molecule has 0 radical (unpaired) electrons. The van der Waals surface area contributed by atoms with E-state index in [4.69, 9.17) is 4.74 Å². The van der Waals surface area contributed by atoms with Crippen LogP contribution in [0.25, 0.3) is 6.08 Å². The van der Waals surface area contributed by atoms with Gasteiger partial charge in [-0.25, -0.2) is 4.39 Å². The number of nitrogens with one attached hydrogen (secondary N) is 1. The molecule has 28 heavy (non-hydrogen) atoms. The zero-order chi connectivity index (χ0) is 20.1. The van der Waals surface area contributed by atoms with Gasteiger partial charge in [-0.15, -0.1) is 0 Å². The lowest BCUT2D eigenvalue weighted by Crippen LogP contribution is -2.45. The Kier molecular flexibility index (Phi) is 6.47. The van der Waals surface area contributed by atoms with Crippen LogP contribution in [0.15, 0.2) is 54.6 Å². The zero-order valence-electron chi connectivity index (χ0n) is 16.6. The van der Waals surface area contributed by atoms with Crippen LogP contribution in [0.4, 0.5) is 10.1 Å². The average molecular weight is 382 g/mol. The second kappa shape index (κ2) is 9.02. The summed E-state index contributed by atoms with van der Waals surface area (Å²) < 4.78 is 19.5. The summed E-state index contributed by atoms with van der Waals surface area (Å²) in [4.78, 5) is 14.6. The van der Waals surface area contributed by atoms with E-state index in [0.29, 0.717) is 5.56 Å². The van der Waals surface area contributed by atoms with Crippen molar-refractivity contribution in [2.24, 2.45) is 0 Å². The van der Waals surface area contributed by atoms with Gasteiger partial charge in [0.15, 0.2) is 0 Å². The molecule has 0 unspecified atom stereocenters. The molecule has 3 rings (SSSR count). The Bertz CT molecular complexity index is 842. The van der Waals surface area contributed by atoms with Crippen LogP contribution in [0.5, 0.6) is 0 Å². The Morgan fingerprint density at radius 2 is 1.89 bits per heavy atom. The molecule has 0 bridgehead atoms. The fourth-order valence-electron chi connectivity index (χ4n) is 3.50. The molecule has 1 aliphatic rings. The molecule has 2 aromatic carbocycles. The molecule has 148 valence electrons. The number of rotatable bonds is 5. The molecular formula is C23H27FN2O2. The Morgan fingerprint density at radius 1 is 1.18 bits per heavy atom. The maximum Gasteiger partial charge on any atom is 0.244 e. The summed E-state index contributed by atoms with van der Waals surface area (Å²) in [5.74, 6) is -0.601. The molecule has 0 aromatic heterocycles. The predicted octanol–water partition coefficient (Wildman–Crippen LogP) is 4.33. The number of halogens is 1. The van der Waals surface area contributed by atoms with E-state index in [1.807, 2.05) is 19.1 Å². The van der Waals surface area contributed by atoms with Crippen LogP contribution in [-0.4, -0.2) is 31.2 Å². The Hall–Kier alpha value is -2.66. The molecule has 2 aromatic rings. The normalized spacial score (nSPS) is 20.9. The van der Waals surface area contributed by atoms with Gasteiger partial charge < -0.3 is 15.0 Å². The van der Waals surface area contributed by atoms with Gasteiger partial charge in [-0.3, -0.25) is 4.79 Å². The van der Waals surface area contributed by atoms with E-state index < -0.39 is 0 Å². The third kappa shape index (κ3) is 5.20. The lowest BCUT2D eigenvalue weighted by atomic mass is 10.1. The van der Waals surface area contributed by atoms with E-state index in [1.54, 1.807) is 18.2 Å². The Labute approximate surface area is 166 Å². The molecule has 1 heterocycles. The number of morpholine rings is 1. The third-order valence-electron chi connectivity index (χ3n) is 4.83. The van der Waals surface area contributed by atoms with Gasteiger partial charge in [0.05, 0.1) is 18.2 Å². The van der Waals surface area contributed by atoms with Gasteiger partial charge >= 0.3 is 0 Å². The van der Waals surface area contributed by atoms with Gasteiger partial charge in [0.25, 0.3) is 0 Å². The van der Waals surface area contributed by atoms with Crippen LogP contribution in [-0.2, 0) is 9.53 Å². The van der Waals surface area contributed by atoms with Crippen molar-refractivity contribution in [3.63, 3.8) is 0 Å². The molecule has 1 aliphatic heterocycles. The Balaban J connectivity index is 1.65. The van der Waals surface area contributed by atoms with Gasteiger partial charge in [0, 0.05) is 30.4 Å². The fourth-order valence-corrected chi connectivity index (χ4v) is 3.50. The molecule has 1 N–H and O–H groups in total. The number of hydrogen-bond acceptors (Lipinski definition) is 3. The number of hydrogen-bond donors (Lipinski definition) is 1. The van der Waals surface area contributed by atoms with Crippen molar-refractivity contribution in [2.45, 2.75) is 39.0 Å². The van der Waals surface area contributed by atoms with Gasteiger partial charge in [-0.2, -0.15) is 0 Å². The molecule has 0 aliphatic carbocycles. The summed E-state index contributed by atoms with van der Waals surface area (Å²) in [6.07, 6.45) is 3.23. The quantitative estimate of drug-likeness (QED) is 0.783. The molecular weight excluding hydrogens is 355 g/mol. The maximum absolute atomic E-state index is 13.6. The van der Waals surface area contributed by atoms with Crippen molar-refractivity contribution < 1.29 is 13.9 Å². The van der Waals surface area contributed by atoms with E-state index in [9.17, 15) is 9.18 Å². The van der Waals surface area contributed by atoms with Gasteiger partial charge in [0.1, 0.15) is 5.82 Å². The highest BCUT2D eigenvalue weighted by Gasteiger charge is 2.22. The first kappa shape index (κ1) is 20.1. The lowest BCUT2D eigenvalue weighted by molar-refractivity contribution is -0.117. The molecule has 5 heteroatoms. The number of ether oxygens (including phenoxy) is 1. The minimum Gasteiger partial charge on any atom is -0.372 e. The van der Waals surface area contributed by atoms with E-state index in [0.717, 1.165) is 24.3 Å². The minimum atomic E-state index is -0.346. The smallest absolute Gasteiger partial charge is 0.244 e. The molecule has 0 saturated carbocycles. The average Bonchev–Trinajstić information content (AvgIpc) is 2.66. The van der Waals surface area contributed by atoms with Gasteiger partial charge in [0.2, 0.25) is 5.91 Å². The van der Waals surface area contributed by atoms with Crippen molar-refractivity contribution >= 4 is 17.7 Å². The fraction of sp³-hybridized carbons (Fsp3) is 0.348. The summed E-state index contributed by atoms with van der Waals surface area (Å²) in [7, 11) is 0. The highest BCUT2D eigenvalue weighted by molar-refractivity contribution is 5.92. The number of amides is 1. The molecule has 1 fully saturated rings. The van der Waals surface area contributed by atoms with Crippen LogP contribution in [0, 0.1) is 5.82 Å². The third-order valence-corrected chi connectivity index (χ3v) is 4.83. The first-order chi connectivity index (χ1) is 13.4. The number of nitrogens with zero attached hydrogens (tertiary/aromatic N) is 1. The highest BCUT2D eigenvalue weighted by Crippen LogP contribution is 2.24. The van der Waals surface area contributed by atoms with Crippen molar-refractivity contribution in [1.29, 1.82) is 0 Å². The van der Waals surface area contributed by atoms with Crippen LogP contribution in [0.1, 0.15) is 37.9 Å². The molecule has 4 nitrogen and oxygen atoms in total. The first-order valence-corrected chi connectivity index (χ1v) is 9.66. The largest absolute Gasteiger partial charge is 0.372 e. The molecule has 1 amide bonds. The Morgan fingerprint density at radius 3 is 2.61 bits per heavy atom. The number of benzene rings is 2. The minimum absolute atomic E-state index is 0.159. The standard InChI is InChI=1S/C23H27FN2O2/c1-16-14-26(15-17(2)28-16)21-9-6-8-20(13-21)18(3)25-23(27)12-11-19-7-4-5-10-22(19)24/h4-13,16-18H,14-15H2,1-3H3,(H,25,27)/b12-11-/t16-,17+,18-/m0/s1. The first-order valence-electron chi connectivity index (χ1n) is 9.66. The van der Waals surface area contributed by atoms with Crippen LogP contribution < -0.4 is 10.2 Å². The lowest BCUT2D eigenvalue weighted by Gasteiger charge is -2.37. The monoisotopic (exact) mass is 382 g/mol. The van der Waals surface area contributed by atoms with Crippen LogP contribution in [0.2, 0.25) is 0 Å². The topological polar surface area (TPSA) is 41.6 Å². The van der Waals surface area contributed by atoms with E-state index in [-0.39, 0.29) is 30.0 Å². The predicted molar refractivity (Wildman–Crippen MR) is 111 cm³/mol. The van der Waals surface area contributed by atoms with Crippen LogP contribution >= 0.6 is 0 Å². The van der Waals surface area contributed by atoms with E-state index in [1.165, 1.54) is 18.2 Å². The number of carbonyl (C=O) groups is 1. The SMILES string of the molecule is C[C@@H]1CN(c2cccc([C@H](C)NC(=O)/C=C\c3ccccc3F)c2)C[C@H](C)O1. The van der Waals surface area contributed by atoms with E-state index in [2.05, 4.69) is 36.2 Å². The summed E-state index contributed by atoms with van der Waals surface area (Å²) in [6.45, 7) is 7.80. The second-order valence-electron chi connectivity index (χ2n) is 7.34. The zero-order valence-corrected chi connectivity index (χ0v) is 16.6. The van der Waals surface area contributed by atoms with E-state index >= 15 is 0 Å². The van der Waals surface area contributed by atoms with Crippen molar-refractivity contribution in [3.05, 3.63) is 71.6 Å². The molecule has 3 atom stereocenters. The molecule has 0 spiro atoms. The van der Waals surface area contributed by atoms with Crippen molar-refractivity contribution in [2.75, 3.05) is 18.0 Å². The molecule has 1 saturated heterocycles. The number of anilines is 1. The van der Waals surface area contributed by atoms with Crippen molar-refractivity contribution in [1.82, 2.24) is 5.32 Å². The van der Waals surface area contributed by atoms with Crippen LogP contribution in [0.3, 0.4) is 0 Å².